The van der Waals surface area contributed by atoms with Gasteiger partial charge in [-0.1, -0.05) is 33.1 Å². The third-order valence-corrected chi connectivity index (χ3v) is 4.43. The van der Waals surface area contributed by atoms with Crippen molar-refractivity contribution in [3.8, 4) is 0 Å². The molecule has 2 heteroatoms. The summed E-state index contributed by atoms with van der Waals surface area (Å²) >= 11 is 0. The van der Waals surface area contributed by atoms with Gasteiger partial charge in [-0.15, -0.1) is 0 Å². The molecule has 2 nitrogen and oxygen atoms in total. The molecule has 0 spiro atoms. The van der Waals surface area contributed by atoms with Crippen molar-refractivity contribution in [3.63, 3.8) is 0 Å². The van der Waals surface area contributed by atoms with Gasteiger partial charge in [-0.3, -0.25) is 0 Å². The lowest BCUT2D eigenvalue weighted by Crippen LogP contribution is -2.38. The van der Waals surface area contributed by atoms with Crippen LogP contribution in [0.15, 0.2) is 0 Å². The molecular weight excluding hydrogens is 196 g/mol. The normalized spacial score (nSPS) is 30.8. The Morgan fingerprint density at radius 1 is 1.25 bits per heavy atom. The standard InChI is InChI=1S/C14H28N2/c1-3-15-13-7-10-16(11-13)12-14(2)8-5-4-6-9-14/h13,15H,3-12H2,1-2H3. The lowest BCUT2D eigenvalue weighted by molar-refractivity contribution is 0.137. The van der Waals surface area contributed by atoms with E-state index in [1.807, 2.05) is 0 Å². The molecule has 2 fully saturated rings. The molecule has 1 atom stereocenters. The van der Waals surface area contributed by atoms with Gasteiger partial charge in [0.05, 0.1) is 0 Å². The van der Waals surface area contributed by atoms with Crippen molar-refractivity contribution in [1.29, 1.82) is 0 Å². The van der Waals surface area contributed by atoms with Crippen LogP contribution in [0.25, 0.3) is 0 Å². The molecule has 1 saturated heterocycles. The molecule has 0 radical (unpaired) electrons. The Morgan fingerprint density at radius 3 is 2.69 bits per heavy atom. The van der Waals surface area contributed by atoms with Crippen molar-refractivity contribution in [3.05, 3.63) is 0 Å². The van der Waals surface area contributed by atoms with Gasteiger partial charge in [-0.05, 0) is 37.8 Å². The van der Waals surface area contributed by atoms with Crippen LogP contribution >= 0.6 is 0 Å². The van der Waals surface area contributed by atoms with Crippen molar-refractivity contribution in [2.75, 3.05) is 26.2 Å². The van der Waals surface area contributed by atoms with Crippen LogP contribution in [0, 0.1) is 5.41 Å². The first-order chi connectivity index (χ1) is 7.72. The SMILES string of the molecule is CCNC1CCN(CC2(C)CCCCC2)C1. The van der Waals surface area contributed by atoms with E-state index in [9.17, 15) is 0 Å². The molecule has 0 aromatic rings. The maximum absolute atomic E-state index is 3.58. The van der Waals surface area contributed by atoms with Crippen LogP contribution in [0.4, 0.5) is 0 Å². The number of likely N-dealkylation sites (N-methyl/N-ethyl adjacent to an activating group) is 1. The molecule has 1 aliphatic carbocycles. The van der Waals surface area contributed by atoms with Gasteiger partial charge in [0.15, 0.2) is 0 Å². The lowest BCUT2D eigenvalue weighted by Gasteiger charge is -2.37. The fourth-order valence-corrected chi connectivity index (χ4v) is 3.53. The highest BCUT2D eigenvalue weighted by Crippen LogP contribution is 2.36. The first-order valence-electron chi connectivity index (χ1n) is 7.18. The summed E-state index contributed by atoms with van der Waals surface area (Å²) in [5, 5.41) is 3.58. The molecule has 1 heterocycles. The van der Waals surface area contributed by atoms with Crippen molar-refractivity contribution in [2.24, 2.45) is 5.41 Å². The maximum Gasteiger partial charge on any atom is 0.0207 e. The van der Waals surface area contributed by atoms with Gasteiger partial charge in [-0.25, -0.2) is 0 Å². The minimum absolute atomic E-state index is 0.624. The summed E-state index contributed by atoms with van der Waals surface area (Å²) in [5.74, 6) is 0. The Bertz CT molecular complexity index is 209. The van der Waals surface area contributed by atoms with Crippen molar-refractivity contribution in [2.45, 2.75) is 58.4 Å². The molecule has 0 amide bonds. The van der Waals surface area contributed by atoms with E-state index in [2.05, 4.69) is 24.1 Å². The highest BCUT2D eigenvalue weighted by molar-refractivity contribution is 4.87. The van der Waals surface area contributed by atoms with Crippen molar-refractivity contribution in [1.82, 2.24) is 10.2 Å². The molecule has 0 aromatic heterocycles. The largest absolute Gasteiger partial charge is 0.313 e. The first kappa shape index (κ1) is 12.4. The summed E-state index contributed by atoms with van der Waals surface area (Å²) in [5.41, 5.74) is 0.624. The molecule has 2 rings (SSSR count). The van der Waals surface area contributed by atoms with E-state index in [0.717, 1.165) is 12.6 Å². The van der Waals surface area contributed by atoms with E-state index in [4.69, 9.17) is 0 Å². The molecule has 1 N–H and O–H groups in total. The van der Waals surface area contributed by atoms with Gasteiger partial charge in [-0.2, -0.15) is 0 Å². The Morgan fingerprint density at radius 2 is 2.00 bits per heavy atom. The third kappa shape index (κ3) is 3.21. The van der Waals surface area contributed by atoms with E-state index in [0.29, 0.717) is 5.41 Å². The second-order valence-electron chi connectivity index (χ2n) is 6.15. The first-order valence-corrected chi connectivity index (χ1v) is 7.18. The van der Waals surface area contributed by atoms with Crippen LogP contribution < -0.4 is 5.32 Å². The fourth-order valence-electron chi connectivity index (χ4n) is 3.53. The minimum Gasteiger partial charge on any atom is -0.313 e. The summed E-state index contributed by atoms with van der Waals surface area (Å²) in [6.07, 6.45) is 8.65. The summed E-state index contributed by atoms with van der Waals surface area (Å²) in [6.45, 7) is 9.78. The van der Waals surface area contributed by atoms with E-state index in [-0.39, 0.29) is 0 Å². The van der Waals surface area contributed by atoms with Crippen molar-refractivity contribution < 1.29 is 0 Å². The van der Waals surface area contributed by atoms with E-state index >= 15 is 0 Å². The van der Waals surface area contributed by atoms with Gasteiger partial charge in [0.1, 0.15) is 0 Å². The second-order valence-corrected chi connectivity index (χ2v) is 6.15. The van der Waals surface area contributed by atoms with Crippen LogP contribution in [0.3, 0.4) is 0 Å². The molecule has 0 aromatic carbocycles. The zero-order valence-corrected chi connectivity index (χ0v) is 11.1. The third-order valence-electron chi connectivity index (χ3n) is 4.43. The van der Waals surface area contributed by atoms with Crippen LogP contribution in [0.1, 0.15) is 52.4 Å². The summed E-state index contributed by atoms with van der Waals surface area (Å²) in [6, 6.07) is 0.761. The average Bonchev–Trinajstić information content (AvgIpc) is 2.66. The number of rotatable bonds is 4. The molecule has 16 heavy (non-hydrogen) atoms. The molecule has 94 valence electrons. The van der Waals surface area contributed by atoms with Gasteiger partial charge in [0, 0.05) is 19.1 Å². The van der Waals surface area contributed by atoms with Crippen LogP contribution in [-0.4, -0.2) is 37.1 Å². The summed E-state index contributed by atoms with van der Waals surface area (Å²) in [4.78, 5) is 2.69. The molecule has 1 saturated carbocycles. The molecular formula is C14H28N2. The van der Waals surface area contributed by atoms with Crippen LogP contribution in [0.5, 0.6) is 0 Å². The predicted molar refractivity (Wildman–Crippen MR) is 69.7 cm³/mol. The minimum atomic E-state index is 0.624. The Balaban J connectivity index is 1.77. The molecule has 0 bridgehead atoms. The maximum atomic E-state index is 3.58. The van der Waals surface area contributed by atoms with Gasteiger partial charge >= 0.3 is 0 Å². The number of nitrogens with zero attached hydrogens (tertiary/aromatic N) is 1. The highest BCUT2D eigenvalue weighted by atomic mass is 15.2. The van der Waals surface area contributed by atoms with Crippen LogP contribution in [0.2, 0.25) is 0 Å². The number of likely N-dealkylation sites (tertiary alicyclic amines) is 1. The smallest absolute Gasteiger partial charge is 0.0207 e. The molecule has 2 aliphatic rings. The predicted octanol–water partition coefficient (Wildman–Crippen LogP) is 2.64. The molecule has 1 aliphatic heterocycles. The Labute approximate surface area is 101 Å². The van der Waals surface area contributed by atoms with E-state index in [1.165, 1.54) is 58.2 Å². The Hall–Kier alpha value is -0.0800. The number of hydrogen-bond acceptors (Lipinski definition) is 2. The van der Waals surface area contributed by atoms with E-state index < -0.39 is 0 Å². The number of hydrogen-bond donors (Lipinski definition) is 1. The van der Waals surface area contributed by atoms with Crippen molar-refractivity contribution >= 4 is 0 Å². The monoisotopic (exact) mass is 224 g/mol. The van der Waals surface area contributed by atoms with Gasteiger partial charge in [0.2, 0.25) is 0 Å². The zero-order chi connectivity index (χ0) is 11.4. The lowest BCUT2D eigenvalue weighted by atomic mass is 9.75. The Kier molecular flexibility index (Phi) is 4.26. The quantitative estimate of drug-likeness (QED) is 0.790. The fraction of sp³-hybridized carbons (Fsp3) is 1.00. The van der Waals surface area contributed by atoms with Gasteiger partial charge in [0.25, 0.3) is 0 Å². The molecule has 1 unspecified atom stereocenters. The van der Waals surface area contributed by atoms with Crippen LogP contribution in [-0.2, 0) is 0 Å². The number of nitrogens with one attached hydrogen (secondary N) is 1. The second kappa shape index (κ2) is 5.50. The zero-order valence-electron chi connectivity index (χ0n) is 11.1. The van der Waals surface area contributed by atoms with E-state index in [1.54, 1.807) is 0 Å². The highest BCUT2D eigenvalue weighted by Gasteiger charge is 2.31. The van der Waals surface area contributed by atoms with Gasteiger partial charge < -0.3 is 10.2 Å². The summed E-state index contributed by atoms with van der Waals surface area (Å²) in [7, 11) is 0. The average molecular weight is 224 g/mol. The summed E-state index contributed by atoms with van der Waals surface area (Å²) < 4.78 is 0. The topological polar surface area (TPSA) is 15.3 Å².